The van der Waals surface area contributed by atoms with Crippen LogP contribution in [0.5, 0.6) is 0 Å². The number of anilines is 1. The number of rotatable bonds is 2. The van der Waals surface area contributed by atoms with Gasteiger partial charge in [-0.25, -0.2) is 4.90 Å². The molecule has 1 N–H and O–H groups in total. The summed E-state index contributed by atoms with van der Waals surface area (Å²) in [5.74, 6) is -1.76. The van der Waals surface area contributed by atoms with Crippen molar-refractivity contribution in [3.8, 4) is 0 Å². The molecule has 2 amide bonds. The Hall–Kier alpha value is -1.98. The number of aliphatic hydroxyl groups excluding tert-OH is 1. The highest BCUT2D eigenvalue weighted by Crippen LogP contribution is 2.57. The second-order valence-corrected chi connectivity index (χ2v) is 6.49. The molecule has 0 radical (unpaired) electrons. The molecule has 3 aliphatic heterocycles. The number of fused-ring (bicyclic) bond motifs is 5. The van der Waals surface area contributed by atoms with Gasteiger partial charge >= 0.3 is 0 Å². The van der Waals surface area contributed by atoms with E-state index < -0.39 is 23.0 Å². The molecule has 0 aliphatic carbocycles. The fourth-order valence-electron chi connectivity index (χ4n) is 4.09. The second kappa shape index (κ2) is 4.06. The van der Waals surface area contributed by atoms with E-state index in [2.05, 4.69) is 0 Å². The van der Waals surface area contributed by atoms with Gasteiger partial charge in [0.15, 0.2) is 0 Å². The number of imide groups is 1. The van der Waals surface area contributed by atoms with Crippen molar-refractivity contribution < 1.29 is 19.4 Å². The van der Waals surface area contributed by atoms with Crippen molar-refractivity contribution in [1.29, 1.82) is 0 Å². The SMILES string of the molecule is Cc1ccccc1N1C(=O)[C@@H]2[C@H](C1=O)[C@@]1(C)C=C[C@@]2(CO)O1. The summed E-state index contributed by atoms with van der Waals surface area (Å²) < 4.78 is 5.89. The number of hydrogen-bond acceptors (Lipinski definition) is 4. The lowest BCUT2D eigenvalue weighted by Gasteiger charge is -2.27. The molecule has 1 aromatic carbocycles. The van der Waals surface area contributed by atoms with E-state index in [1.807, 2.05) is 25.1 Å². The summed E-state index contributed by atoms with van der Waals surface area (Å²) in [7, 11) is 0. The molecule has 5 nitrogen and oxygen atoms in total. The van der Waals surface area contributed by atoms with Crippen LogP contribution in [0, 0.1) is 18.8 Å². The average Bonchev–Trinajstić information content (AvgIpc) is 3.07. The number of para-hydroxylation sites is 1. The van der Waals surface area contributed by atoms with Gasteiger partial charge in [-0.05, 0) is 25.5 Å². The molecule has 22 heavy (non-hydrogen) atoms. The van der Waals surface area contributed by atoms with Crippen LogP contribution < -0.4 is 4.90 Å². The van der Waals surface area contributed by atoms with Gasteiger partial charge in [-0.1, -0.05) is 30.4 Å². The quantitative estimate of drug-likeness (QED) is 0.658. The van der Waals surface area contributed by atoms with Crippen molar-refractivity contribution in [3.05, 3.63) is 42.0 Å². The van der Waals surface area contributed by atoms with E-state index in [9.17, 15) is 14.7 Å². The van der Waals surface area contributed by atoms with Crippen molar-refractivity contribution >= 4 is 17.5 Å². The summed E-state index contributed by atoms with van der Waals surface area (Å²) in [5.41, 5.74) is -0.405. The van der Waals surface area contributed by atoms with Crippen molar-refractivity contribution in [1.82, 2.24) is 0 Å². The summed E-state index contributed by atoms with van der Waals surface area (Å²) in [5, 5.41) is 9.76. The third-order valence-electron chi connectivity index (χ3n) is 5.16. The molecule has 3 heterocycles. The number of carbonyl (C=O) groups excluding carboxylic acids is 2. The van der Waals surface area contributed by atoms with Crippen LogP contribution in [-0.2, 0) is 14.3 Å². The number of nitrogens with zero attached hydrogens (tertiary/aromatic N) is 1. The maximum atomic E-state index is 12.9. The third kappa shape index (κ3) is 1.40. The maximum Gasteiger partial charge on any atom is 0.241 e. The van der Waals surface area contributed by atoms with Crippen LogP contribution in [-0.4, -0.2) is 34.7 Å². The fourth-order valence-corrected chi connectivity index (χ4v) is 4.09. The van der Waals surface area contributed by atoms with Gasteiger partial charge in [0.2, 0.25) is 11.8 Å². The molecule has 2 bridgehead atoms. The molecule has 0 unspecified atom stereocenters. The number of aliphatic hydroxyl groups is 1. The van der Waals surface area contributed by atoms with Crippen molar-refractivity contribution in [2.45, 2.75) is 25.0 Å². The van der Waals surface area contributed by atoms with E-state index in [0.717, 1.165) is 5.56 Å². The Morgan fingerprint density at radius 2 is 1.86 bits per heavy atom. The zero-order chi connectivity index (χ0) is 15.7. The van der Waals surface area contributed by atoms with E-state index in [4.69, 9.17) is 4.74 Å². The van der Waals surface area contributed by atoms with Gasteiger partial charge in [0.1, 0.15) is 5.60 Å². The Balaban J connectivity index is 1.84. The largest absolute Gasteiger partial charge is 0.393 e. The minimum Gasteiger partial charge on any atom is -0.393 e. The molecule has 114 valence electrons. The van der Waals surface area contributed by atoms with E-state index >= 15 is 0 Å². The molecule has 2 saturated heterocycles. The predicted octanol–water partition coefficient (Wildman–Crippen LogP) is 1.19. The van der Waals surface area contributed by atoms with Gasteiger partial charge in [-0.2, -0.15) is 0 Å². The lowest BCUT2D eigenvalue weighted by Crippen LogP contribution is -2.43. The number of hydrogen-bond donors (Lipinski definition) is 1. The molecule has 0 spiro atoms. The zero-order valence-corrected chi connectivity index (χ0v) is 12.4. The standard InChI is InChI=1S/C17H17NO4/c1-10-5-3-4-6-11(10)18-14(20)12-13(15(18)21)17(9-19)8-7-16(12,2)22-17/h3-8,12-13,19H,9H2,1-2H3/t12-,13+,16-,17+/m1/s1. The first-order valence-corrected chi connectivity index (χ1v) is 7.38. The zero-order valence-electron chi connectivity index (χ0n) is 12.4. The average molecular weight is 299 g/mol. The van der Waals surface area contributed by atoms with Crippen LogP contribution >= 0.6 is 0 Å². The highest BCUT2D eigenvalue weighted by atomic mass is 16.5. The predicted molar refractivity (Wildman–Crippen MR) is 79.1 cm³/mol. The first kappa shape index (κ1) is 13.7. The van der Waals surface area contributed by atoms with E-state index in [0.29, 0.717) is 5.69 Å². The summed E-state index contributed by atoms with van der Waals surface area (Å²) >= 11 is 0. The molecule has 2 fully saturated rings. The highest BCUT2D eigenvalue weighted by molar-refractivity contribution is 6.23. The van der Waals surface area contributed by atoms with Crippen molar-refractivity contribution in [2.75, 3.05) is 11.5 Å². The fraction of sp³-hybridized carbons (Fsp3) is 0.412. The van der Waals surface area contributed by atoms with E-state index in [-0.39, 0.29) is 18.4 Å². The molecule has 4 rings (SSSR count). The molecule has 0 aromatic heterocycles. The molecule has 1 aromatic rings. The smallest absolute Gasteiger partial charge is 0.241 e. The Morgan fingerprint density at radius 3 is 2.55 bits per heavy atom. The summed E-state index contributed by atoms with van der Waals surface area (Å²) in [4.78, 5) is 27.1. The molecule has 5 heteroatoms. The number of benzene rings is 1. The highest BCUT2D eigenvalue weighted by Gasteiger charge is 2.72. The van der Waals surface area contributed by atoms with Gasteiger partial charge in [0, 0.05) is 0 Å². The second-order valence-electron chi connectivity index (χ2n) is 6.49. The minimum atomic E-state index is -1.07. The van der Waals surface area contributed by atoms with Crippen molar-refractivity contribution in [2.24, 2.45) is 11.8 Å². The Labute approximate surface area is 128 Å². The van der Waals surface area contributed by atoms with Gasteiger partial charge in [0.05, 0.1) is 29.7 Å². The number of carbonyl (C=O) groups is 2. The van der Waals surface area contributed by atoms with Crippen LogP contribution in [0.25, 0.3) is 0 Å². The van der Waals surface area contributed by atoms with E-state index in [1.54, 1.807) is 25.1 Å². The number of amides is 2. The lowest BCUT2D eigenvalue weighted by atomic mass is 9.73. The Kier molecular flexibility index (Phi) is 2.52. The number of aryl methyl sites for hydroxylation is 1. The Morgan fingerprint density at radius 1 is 1.18 bits per heavy atom. The molecular formula is C17H17NO4. The third-order valence-corrected chi connectivity index (χ3v) is 5.16. The number of ether oxygens (including phenoxy) is 1. The molecule has 0 saturated carbocycles. The molecule has 4 atom stereocenters. The molecular weight excluding hydrogens is 282 g/mol. The van der Waals surface area contributed by atoms with Crippen LogP contribution in [0.2, 0.25) is 0 Å². The topological polar surface area (TPSA) is 66.8 Å². The van der Waals surface area contributed by atoms with Crippen LogP contribution in [0.15, 0.2) is 36.4 Å². The van der Waals surface area contributed by atoms with Crippen molar-refractivity contribution in [3.63, 3.8) is 0 Å². The maximum absolute atomic E-state index is 12.9. The van der Waals surface area contributed by atoms with Gasteiger partial charge < -0.3 is 9.84 Å². The van der Waals surface area contributed by atoms with Crippen LogP contribution in [0.4, 0.5) is 5.69 Å². The van der Waals surface area contributed by atoms with E-state index in [1.165, 1.54) is 4.90 Å². The van der Waals surface area contributed by atoms with Crippen LogP contribution in [0.1, 0.15) is 12.5 Å². The first-order valence-electron chi connectivity index (χ1n) is 7.38. The normalized spacial score (nSPS) is 39.0. The monoisotopic (exact) mass is 299 g/mol. The van der Waals surface area contributed by atoms with Crippen LogP contribution in [0.3, 0.4) is 0 Å². The summed E-state index contributed by atoms with van der Waals surface area (Å²) in [6.07, 6.45) is 3.54. The van der Waals surface area contributed by atoms with Gasteiger partial charge in [-0.3, -0.25) is 9.59 Å². The Bertz CT molecular complexity index is 727. The summed E-state index contributed by atoms with van der Waals surface area (Å²) in [6, 6.07) is 7.33. The minimum absolute atomic E-state index is 0.244. The lowest BCUT2D eigenvalue weighted by molar-refractivity contribution is -0.131. The van der Waals surface area contributed by atoms with Gasteiger partial charge in [0.25, 0.3) is 0 Å². The first-order chi connectivity index (χ1) is 10.4. The molecule has 3 aliphatic rings. The summed E-state index contributed by atoms with van der Waals surface area (Å²) in [6.45, 7) is 3.37. The van der Waals surface area contributed by atoms with Gasteiger partial charge in [-0.15, -0.1) is 0 Å².